The predicted octanol–water partition coefficient (Wildman–Crippen LogP) is 2.21. The highest BCUT2D eigenvalue weighted by atomic mass is 35.5. The van der Waals surface area contributed by atoms with E-state index in [2.05, 4.69) is 0 Å². The van der Waals surface area contributed by atoms with E-state index >= 15 is 0 Å². The molecule has 13 heavy (non-hydrogen) atoms. The van der Waals surface area contributed by atoms with E-state index in [1.165, 1.54) is 0 Å². The van der Waals surface area contributed by atoms with Crippen LogP contribution in [0.5, 0.6) is 5.75 Å². The van der Waals surface area contributed by atoms with Gasteiger partial charge < -0.3 is 10.5 Å². The number of hydrogen-bond donors (Lipinski definition) is 1. The van der Waals surface area contributed by atoms with E-state index in [9.17, 15) is 0 Å². The quantitative estimate of drug-likeness (QED) is 0.789. The fraction of sp³-hybridized carbons (Fsp3) is 0.400. The molecule has 1 aliphatic rings. The molecule has 2 nitrogen and oxygen atoms in total. The molecule has 1 saturated carbocycles. The van der Waals surface area contributed by atoms with E-state index in [1.807, 2.05) is 24.3 Å². The molecule has 2 rings (SSSR count). The maximum atomic E-state index is 5.81. The van der Waals surface area contributed by atoms with Crippen molar-refractivity contribution in [3.05, 3.63) is 29.3 Å². The topological polar surface area (TPSA) is 35.2 Å². The van der Waals surface area contributed by atoms with Crippen LogP contribution in [0.4, 0.5) is 0 Å². The summed E-state index contributed by atoms with van der Waals surface area (Å²) in [6.45, 7) is 0. The molecule has 0 atom stereocenters. The van der Waals surface area contributed by atoms with Crippen molar-refractivity contribution in [3.63, 3.8) is 0 Å². The summed E-state index contributed by atoms with van der Waals surface area (Å²) in [5.41, 5.74) is 5.65. The van der Waals surface area contributed by atoms with Gasteiger partial charge in [0.2, 0.25) is 0 Å². The monoisotopic (exact) mass is 197 g/mol. The summed E-state index contributed by atoms with van der Waals surface area (Å²) < 4.78 is 5.64. The van der Waals surface area contributed by atoms with Crippen molar-refractivity contribution < 1.29 is 4.74 Å². The highest BCUT2D eigenvalue weighted by Crippen LogP contribution is 2.25. The Morgan fingerprint density at radius 1 is 1.38 bits per heavy atom. The van der Waals surface area contributed by atoms with Gasteiger partial charge in [-0.25, -0.2) is 0 Å². The van der Waals surface area contributed by atoms with E-state index in [0.29, 0.717) is 11.1 Å². The van der Waals surface area contributed by atoms with Gasteiger partial charge in [0.25, 0.3) is 0 Å². The van der Waals surface area contributed by atoms with Gasteiger partial charge in [0.15, 0.2) is 0 Å². The van der Waals surface area contributed by atoms with E-state index in [-0.39, 0.29) is 6.10 Å². The third kappa shape index (κ3) is 2.14. The lowest BCUT2D eigenvalue weighted by Gasteiger charge is -2.32. The number of nitrogens with two attached hydrogens (primary N) is 1. The minimum atomic E-state index is 0.286. The normalized spacial score (nSPS) is 26.6. The van der Waals surface area contributed by atoms with Crippen LogP contribution < -0.4 is 10.5 Å². The second kappa shape index (κ2) is 3.56. The number of benzene rings is 1. The first-order valence-electron chi connectivity index (χ1n) is 4.42. The minimum absolute atomic E-state index is 0.286. The molecule has 70 valence electrons. The standard InChI is InChI=1S/C10H12ClNO/c11-7-2-1-3-9(4-7)13-10-5-8(12)6-10/h1-4,8,10H,5-6,12H2. The van der Waals surface area contributed by atoms with Crippen molar-refractivity contribution in [1.29, 1.82) is 0 Å². The maximum Gasteiger partial charge on any atom is 0.121 e. The molecule has 0 spiro atoms. The highest BCUT2D eigenvalue weighted by Gasteiger charge is 2.27. The van der Waals surface area contributed by atoms with E-state index < -0.39 is 0 Å². The van der Waals surface area contributed by atoms with Crippen molar-refractivity contribution >= 4 is 11.6 Å². The van der Waals surface area contributed by atoms with Gasteiger partial charge in [-0.1, -0.05) is 17.7 Å². The maximum absolute atomic E-state index is 5.81. The van der Waals surface area contributed by atoms with Gasteiger partial charge in [0.1, 0.15) is 11.9 Å². The van der Waals surface area contributed by atoms with Crippen LogP contribution >= 0.6 is 11.6 Å². The first kappa shape index (κ1) is 8.85. The Kier molecular flexibility index (Phi) is 2.42. The smallest absolute Gasteiger partial charge is 0.121 e. The zero-order valence-corrected chi connectivity index (χ0v) is 8.00. The molecule has 2 N–H and O–H groups in total. The summed E-state index contributed by atoms with van der Waals surface area (Å²) in [6, 6.07) is 7.78. The van der Waals surface area contributed by atoms with Crippen LogP contribution in [0.15, 0.2) is 24.3 Å². The van der Waals surface area contributed by atoms with Crippen LogP contribution in [-0.4, -0.2) is 12.1 Å². The molecule has 0 radical (unpaired) electrons. The van der Waals surface area contributed by atoms with E-state index in [1.54, 1.807) is 0 Å². The van der Waals surface area contributed by atoms with Gasteiger partial charge in [-0.05, 0) is 31.0 Å². The van der Waals surface area contributed by atoms with Gasteiger partial charge in [-0.3, -0.25) is 0 Å². The molecule has 0 unspecified atom stereocenters. The van der Waals surface area contributed by atoms with Crippen molar-refractivity contribution in [1.82, 2.24) is 0 Å². The molecule has 0 heterocycles. The summed E-state index contributed by atoms with van der Waals surface area (Å²) >= 11 is 5.81. The molecule has 0 aromatic heterocycles. The third-order valence-electron chi connectivity index (χ3n) is 2.23. The Balaban J connectivity index is 1.94. The molecule has 0 saturated heterocycles. The molecular formula is C10H12ClNO. The molecule has 0 aliphatic heterocycles. The molecule has 0 bridgehead atoms. The lowest BCUT2D eigenvalue weighted by Crippen LogP contribution is -2.43. The van der Waals surface area contributed by atoms with Gasteiger partial charge in [-0.2, -0.15) is 0 Å². The Labute approximate surface area is 82.6 Å². The Morgan fingerprint density at radius 2 is 2.15 bits per heavy atom. The first-order valence-corrected chi connectivity index (χ1v) is 4.79. The number of ether oxygens (including phenoxy) is 1. The second-order valence-electron chi connectivity index (χ2n) is 3.43. The summed E-state index contributed by atoms with van der Waals surface area (Å²) in [4.78, 5) is 0. The van der Waals surface area contributed by atoms with Gasteiger partial charge in [-0.15, -0.1) is 0 Å². The third-order valence-corrected chi connectivity index (χ3v) is 2.47. The van der Waals surface area contributed by atoms with Crippen LogP contribution in [-0.2, 0) is 0 Å². The molecule has 1 aromatic carbocycles. The molecule has 3 heteroatoms. The zero-order chi connectivity index (χ0) is 9.26. The molecule has 1 fully saturated rings. The molecule has 1 aromatic rings. The average molecular weight is 198 g/mol. The van der Waals surface area contributed by atoms with Gasteiger partial charge >= 0.3 is 0 Å². The van der Waals surface area contributed by atoms with E-state index in [0.717, 1.165) is 18.6 Å². The zero-order valence-electron chi connectivity index (χ0n) is 7.24. The Morgan fingerprint density at radius 3 is 2.77 bits per heavy atom. The van der Waals surface area contributed by atoms with Crippen LogP contribution in [0.2, 0.25) is 5.02 Å². The van der Waals surface area contributed by atoms with Gasteiger partial charge in [0, 0.05) is 11.1 Å². The van der Waals surface area contributed by atoms with Crippen molar-refractivity contribution in [2.45, 2.75) is 25.0 Å². The predicted molar refractivity (Wildman–Crippen MR) is 53.1 cm³/mol. The van der Waals surface area contributed by atoms with E-state index in [4.69, 9.17) is 22.1 Å². The lowest BCUT2D eigenvalue weighted by atomic mass is 9.90. The second-order valence-corrected chi connectivity index (χ2v) is 3.87. The average Bonchev–Trinajstić information content (AvgIpc) is 2.01. The number of halogens is 1. The van der Waals surface area contributed by atoms with Crippen LogP contribution in [0.3, 0.4) is 0 Å². The summed E-state index contributed by atoms with van der Waals surface area (Å²) in [6.07, 6.45) is 2.19. The van der Waals surface area contributed by atoms with Crippen LogP contribution in [0, 0.1) is 0 Å². The summed E-state index contributed by atoms with van der Waals surface area (Å²) in [5.74, 6) is 0.837. The lowest BCUT2D eigenvalue weighted by molar-refractivity contribution is 0.101. The van der Waals surface area contributed by atoms with Crippen molar-refractivity contribution in [2.75, 3.05) is 0 Å². The fourth-order valence-electron chi connectivity index (χ4n) is 1.44. The van der Waals surface area contributed by atoms with Gasteiger partial charge in [0.05, 0.1) is 0 Å². The van der Waals surface area contributed by atoms with Crippen LogP contribution in [0.25, 0.3) is 0 Å². The van der Waals surface area contributed by atoms with Crippen molar-refractivity contribution in [2.24, 2.45) is 5.73 Å². The minimum Gasteiger partial charge on any atom is -0.490 e. The largest absolute Gasteiger partial charge is 0.490 e. The SMILES string of the molecule is NC1CC(Oc2cccc(Cl)c2)C1. The summed E-state index contributed by atoms with van der Waals surface area (Å²) in [5, 5.41) is 0.709. The number of hydrogen-bond acceptors (Lipinski definition) is 2. The van der Waals surface area contributed by atoms with Crippen molar-refractivity contribution in [3.8, 4) is 5.75 Å². The first-order chi connectivity index (χ1) is 6.24. The molecule has 1 aliphatic carbocycles. The molecule has 0 amide bonds. The highest BCUT2D eigenvalue weighted by molar-refractivity contribution is 6.30. The van der Waals surface area contributed by atoms with Crippen LogP contribution in [0.1, 0.15) is 12.8 Å². The Hall–Kier alpha value is -0.730. The summed E-state index contributed by atoms with van der Waals surface area (Å²) in [7, 11) is 0. The fourth-order valence-corrected chi connectivity index (χ4v) is 1.62. The molecular weight excluding hydrogens is 186 g/mol. The number of rotatable bonds is 2. The Bertz CT molecular complexity index is 297.